The van der Waals surface area contributed by atoms with E-state index in [0.29, 0.717) is 16.3 Å². The molecule has 0 atom stereocenters. The molecule has 0 bridgehead atoms. The molecule has 0 spiro atoms. The highest BCUT2D eigenvalue weighted by molar-refractivity contribution is 6.30. The van der Waals surface area contributed by atoms with Gasteiger partial charge < -0.3 is 4.74 Å². The second kappa shape index (κ2) is 7.25. The topological polar surface area (TPSA) is 89.9 Å². The van der Waals surface area contributed by atoms with Gasteiger partial charge in [-0.25, -0.2) is 9.36 Å². The number of halogens is 1. The molecule has 0 amide bonds. The van der Waals surface area contributed by atoms with Gasteiger partial charge >= 0.3 is 11.2 Å². The Morgan fingerprint density at radius 1 is 1.19 bits per heavy atom. The number of aromatic nitrogens is 3. The molecule has 3 rings (SSSR count). The Hall–Kier alpha value is -3.37. The molecule has 130 valence electrons. The Kier molecular flexibility index (Phi) is 4.87. The summed E-state index contributed by atoms with van der Waals surface area (Å²) in [7, 11) is 1.30. The van der Waals surface area contributed by atoms with Gasteiger partial charge in [0.15, 0.2) is 0 Å². The lowest BCUT2D eigenvalue weighted by Gasteiger charge is -2.11. The molecule has 1 heterocycles. The van der Waals surface area contributed by atoms with E-state index in [1.165, 1.54) is 13.2 Å². The first-order valence-electron chi connectivity index (χ1n) is 7.56. The Morgan fingerprint density at radius 2 is 1.92 bits per heavy atom. The summed E-state index contributed by atoms with van der Waals surface area (Å²) in [4.78, 5) is 25.3. The first-order valence-corrected chi connectivity index (χ1v) is 7.94. The minimum absolute atomic E-state index is 0.0334. The molecule has 0 saturated heterocycles. The standard InChI is InChI=1S/C18H13ClN4O3/c1-26-16-17(24)22(11-12-5-7-14(19)8-6-12)18(25)23(21-16)15-4-2-3-13(9-15)10-20/h2-9H,11H2,1H3. The fourth-order valence-corrected chi connectivity index (χ4v) is 2.53. The van der Waals surface area contributed by atoms with E-state index in [1.54, 1.807) is 42.5 Å². The molecular formula is C18H13ClN4O3. The third-order valence-electron chi connectivity index (χ3n) is 3.70. The zero-order valence-electron chi connectivity index (χ0n) is 13.7. The molecular weight excluding hydrogens is 356 g/mol. The van der Waals surface area contributed by atoms with Crippen LogP contribution in [0.25, 0.3) is 5.69 Å². The lowest BCUT2D eigenvalue weighted by Crippen LogP contribution is -2.41. The monoisotopic (exact) mass is 368 g/mol. The molecule has 0 aliphatic heterocycles. The molecule has 1 aromatic heterocycles. The van der Waals surface area contributed by atoms with Crippen molar-refractivity contribution in [2.24, 2.45) is 0 Å². The molecule has 0 radical (unpaired) electrons. The van der Waals surface area contributed by atoms with E-state index in [0.717, 1.165) is 14.8 Å². The minimum atomic E-state index is -0.639. The van der Waals surface area contributed by atoms with Crippen molar-refractivity contribution in [3.63, 3.8) is 0 Å². The third-order valence-corrected chi connectivity index (χ3v) is 3.95. The summed E-state index contributed by atoms with van der Waals surface area (Å²) in [6.45, 7) is 0.0334. The third kappa shape index (κ3) is 3.36. The highest BCUT2D eigenvalue weighted by atomic mass is 35.5. The lowest BCUT2D eigenvalue weighted by molar-refractivity contribution is 0.367. The fourth-order valence-electron chi connectivity index (χ4n) is 2.41. The summed E-state index contributed by atoms with van der Waals surface area (Å²) < 4.78 is 7.09. The van der Waals surface area contributed by atoms with Crippen molar-refractivity contribution in [1.82, 2.24) is 14.3 Å². The van der Waals surface area contributed by atoms with E-state index < -0.39 is 11.2 Å². The van der Waals surface area contributed by atoms with E-state index >= 15 is 0 Å². The molecule has 0 unspecified atom stereocenters. The zero-order chi connectivity index (χ0) is 18.7. The van der Waals surface area contributed by atoms with Crippen LogP contribution in [0.3, 0.4) is 0 Å². The van der Waals surface area contributed by atoms with Crippen LogP contribution in [-0.4, -0.2) is 21.5 Å². The summed E-state index contributed by atoms with van der Waals surface area (Å²) in [5.74, 6) is -0.221. The van der Waals surface area contributed by atoms with Crippen LogP contribution < -0.4 is 16.0 Å². The first kappa shape index (κ1) is 17.5. The normalized spacial score (nSPS) is 10.3. The summed E-state index contributed by atoms with van der Waals surface area (Å²) in [6, 6.07) is 15.2. The maximum atomic E-state index is 12.8. The Labute approximate surface area is 153 Å². The number of ether oxygens (including phenoxy) is 1. The highest BCUT2D eigenvalue weighted by Gasteiger charge is 2.15. The van der Waals surface area contributed by atoms with Gasteiger partial charge in [0.1, 0.15) is 0 Å². The van der Waals surface area contributed by atoms with Crippen LogP contribution in [0.2, 0.25) is 5.02 Å². The molecule has 8 heteroatoms. The smallest absolute Gasteiger partial charge is 0.352 e. The number of methoxy groups -OCH3 is 1. The molecule has 0 fully saturated rings. The van der Waals surface area contributed by atoms with Crippen LogP contribution in [0, 0.1) is 11.3 Å². The summed E-state index contributed by atoms with van der Waals surface area (Å²) in [5, 5.41) is 13.6. The van der Waals surface area contributed by atoms with Crippen LogP contribution in [0.5, 0.6) is 5.88 Å². The molecule has 7 nitrogen and oxygen atoms in total. The number of hydrogen-bond donors (Lipinski definition) is 0. The molecule has 0 aliphatic carbocycles. The van der Waals surface area contributed by atoms with E-state index in [1.807, 2.05) is 6.07 Å². The molecule has 0 saturated carbocycles. The number of hydrogen-bond acceptors (Lipinski definition) is 5. The van der Waals surface area contributed by atoms with Gasteiger partial charge in [0.05, 0.1) is 31.0 Å². The van der Waals surface area contributed by atoms with Gasteiger partial charge in [0.25, 0.3) is 5.88 Å². The second-order valence-electron chi connectivity index (χ2n) is 5.38. The second-order valence-corrected chi connectivity index (χ2v) is 5.82. The average Bonchev–Trinajstić information content (AvgIpc) is 2.67. The van der Waals surface area contributed by atoms with E-state index in [4.69, 9.17) is 21.6 Å². The van der Waals surface area contributed by atoms with Gasteiger partial charge in [-0.15, -0.1) is 5.10 Å². The van der Waals surface area contributed by atoms with Gasteiger partial charge in [-0.2, -0.15) is 9.94 Å². The molecule has 0 N–H and O–H groups in total. The van der Waals surface area contributed by atoms with E-state index in [2.05, 4.69) is 5.10 Å². The number of rotatable bonds is 4. The Bertz CT molecular complexity index is 1110. The average molecular weight is 369 g/mol. The van der Waals surface area contributed by atoms with Gasteiger partial charge in [-0.3, -0.25) is 4.79 Å². The van der Waals surface area contributed by atoms with Crippen LogP contribution in [0.1, 0.15) is 11.1 Å². The lowest BCUT2D eigenvalue weighted by atomic mass is 10.2. The number of nitriles is 1. The van der Waals surface area contributed by atoms with Gasteiger partial charge in [0, 0.05) is 5.02 Å². The summed E-state index contributed by atoms with van der Waals surface area (Å²) in [6.07, 6.45) is 0. The minimum Gasteiger partial charge on any atom is -0.476 e. The molecule has 26 heavy (non-hydrogen) atoms. The predicted octanol–water partition coefficient (Wildman–Crippen LogP) is 1.98. The van der Waals surface area contributed by atoms with Crippen molar-refractivity contribution in [2.45, 2.75) is 6.54 Å². The van der Waals surface area contributed by atoms with Crippen molar-refractivity contribution < 1.29 is 4.74 Å². The number of benzene rings is 2. The predicted molar refractivity (Wildman–Crippen MR) is 95.9 cm³/mol. The van der Waals surface area contributed by atoms with Crippen molar-refractivity contribution >= 4 is 11.6 Å². The molecule has 3 aromatic rings. The van der Waals surface area contributed by atoms with Gasteiger partial charge in [-0.05, 0) is 35.9 Å². The van der Waals surface area contributed by atoms with E-state index in [9.17, 15) is 9.59 Å². The van der Waals surface area contributed by atoms with Crippen LogP contribution in [0.15, 0.2) is 58.1 Å². The van der Waals surface area contributed by atoms with Crippen molar-refractivity contribution in [3.05, 3.63) is 85.5 Å². The Balaban J connectivity index is 2.18. The SMILES string of the molecule is COc1nn(-c2cccc(C#N)c2)c(=O)n(Cc2ccc(Cl)cc2)c1=O. The van der Waals surface area contributed by atoms with Crippen molar-refractivity contribution in [2.75, 3.05) is 7.11 Å². The van der Waals surface area contributed by atoms with Gasteiger partial charge in [-0.1, -0.05) is 29.8 Å². The maximum absolute atomic E-state index is 12.8. The summed E-state index contributed by atoms with van der Waals surface area (Å²) >= 11 is 5.87. The molecule has 0 aliphatic rings. The van der Waals surface area contributed by atoms with Crippen LogP contribution in [-0.2, 0) is 6.54 Å². The van der Waals surface area contributed by atoms with Crippen LogP contribution in [0.4, 0.5) is 0 Å². The van der Waals surface area contributed by atoms with Crippen molar-refractivity contribution in [3.8, 4) is 17.6 Å². The first-order chi connectivity index (χ1) is 12.5. The highest BCUT2D eigenvalue weighted by Crippen LogP contribution is 2.11. The largest absolute Gasteiger partial charge is 0.476 e. The summed E-state index contributed by atoms with van der Waals surface area (Å²) in [5.41, 5.74) is 0.169. The maximum Gasteiger partial charge on any atom is 0.352 e. The quantitative estimate of drug-likeness (QED) is 0.702. The van der Waals surface area contributed by atoms with Gasteiger partial charge in [0.2, 0.25) is 0 Å². The van der Waals surface area contributed by atoms with Crippen molar-refractivity contribution in [1.29, 1.82) is 5.26 Å². The fraction of sp³-hybridized carbons (Fsp3) is 0.111. The molecule has 2 aromatic carbocycles. The van der Waals surface area contributed by atoms with Crippen LogP contribution >= 0.6 is 11.6 Å². The zero-order valence-corrected chi connectivity index (χ0v) is 14.5. The Morgan fingerprint density at radius 3 is 2.58 bits per heavy atom. The number of nitrogens with zero attached hydrogens (tertiary/aromatic N) is 4. The van der Waals surface area contributed by atoms with E-state index in [-0.39, 0.29) is 12.4 Å².